The molecule has 22 heavy (non-hydrogen) atoms. The fourth-order valence-corrected chi connectivity index (χ4v) is 4.23. The summed E-state index contributed by atoms with van der Waals surface area (Å²) in [6.45, 7) is 0. The summed E-state index contributed by atoms with van der Waals surface area (Å²) in [7, 11) is 2.15. The van der Waals surface area contributed by atoms with Crippen LogP contribution in [-0.2, 0) is 7.05 Å². The van der Waals surface area contributed by atoms with Gasteiger partial charge >= 0.3 is 16.5 Å². The summed E-state index contributed by atoms with van der Waals surface area (Å²) < 4.78 is 4.53. The molecule has 5 rings (SSSR count). The molecule has 0 bridgehead atoms. The Hall–Kier alpha value is -2.21. The van der Waals surface area contributed by atoms with Gasteiger partial charge in [-0.2, -0.15) is 0 Å². The van der Waals surface area contributed by atoms with Crippen molar-refractivity contribution in [1.82, 2.24) is 8.12 Å². The van der Waals surface area contributed by atoms with Crippen molar-refractivity contribution in [2.75, 3.05) is 0 Å². The van der Waals surface area contributed by atoms with Crippen LogP contribution in [0.2, 0.25) is 0 Å². The predicted molar refractivity (Wildman–Crippen MR) is 94.6 cm³/mol. The van der Waals surface area contributed by atoms with E-state index in [4.69, 9.17) is 0 Å². The average Bonchev–Trinajstić information content (AvgIpc) is 3.02. The van der Waals surface area contributed by atoms with Gasteiger partial charge in [-0.1, -0.05) is 42.5 Å². The van der Waals surface area contributed by atoms with Crippen LogP contribution in [0.4, 0.5) is 0 Å². The third kappa shape index (κ3) is 1.36. The van der Waals surface area contributed by atoms with Gasteiger partial charge in [0.15, 0.2) is 0 Å². The van der Waals surface area contributed by atoms with Crippen molar-refractivity contribution in [3.63, 3.8) is 0 Å². The topological polar surface area (TPSA) is 9.86 Å². The first-order valence-electron chi connectivity index (χ1n) is 7.42. The van der Waals surface area contributed by atoms with Gasteiger partial charge in [0.1, 0.15) is 0 Å². The summed E-state index contributed by atoms with van der Waals surface area (Å²) in [6.07, 6.45) is 0. The smallest absolute Gasteiger partial charge is 0.318 e. The highest BCUT2D eigenvalue weighted by atomic mass is 27.1. The highest BCUT2D eigenvalue weighted by Gasteiger charge is 2.15. The molecule has 2 nitrogen and oxygen atoms in total. The number of para-hydroxylation sites is 2. The third-order valence-electron chi connectivity index (χ3n) is 4.75. The van der Waals surface area contributed by atoms with Crippen LogP contribution in [0, 0.1) is 0 Å². The second-order valence-corrected chi connectivity index (χ2v) is 6.34. The lowest BCUT2D eigenvalue weighted by Gasteiger charge is -2.03. The number of hydrogen-bond donors (Lipinski definition) is 0. The summed E-state index contributed by atoms with van der Waals surface area (Å²) in [5.41, 5.74) is 5.10. The first kappa shape index (κ1) is 12.3. The molecule has 0 unspecified atom stereocenters. The largest absolute Gasteiger partial charge is 0.451 e. The molecular formula is C19H13AlN2. The third-order valence-corrected chi connectivity index (χ3v) is 5.28. The van der Waals surface area contributed by atoms with Crippen LogP contribution in [0.15, 0.2) is 60.7 Å². The lowest BCUT2D eigenvalue weighted by Crippen LogP contribution is -1.91. The Balaban J connectivity index is 2.20. The average molecular weight is 296 g/mol. The number of aromatic nitrogens is 2. The van der Waals surface area contributed by atoms with Crippen molar-refractivity contribution in [2.45, 2.75) is 0 Å². The van der Waals surface area contributed by atoms with E-state index >= 15 is 0 Å². The molecule has 0 aliphatic carbocycles. The number of rotatable bonds is 0. The van der Waals surface area contributed by atoms with E-state index in [2.05, 4.69) is 92.3 Å². The van der Waals surface area contributed by atoms with Gasteiger partial charge in [0.05, 0.1) is 5.52 Å². The molecule has 0 saturated heterocycles. The molecule has 0 atom stereocenters. The van der Waals surface area contributed by atoms with Gasteiger partial charge in [-0.25, -0.2) is 0 Å². The zero-order valence-corrected chi connectivity index (χ0v) is 13.4. The van der Waals surface area contributed by atoms with Crippen molar-refractivity contribution in [2.24, 2.45) is 7.05 Å². The quantitative estimate of drug-likeness (QED) is 0.376. The first-order chi connectivity index (χ1) is 10.8. The Morgan fingerprint density at radius 3 is 2.18 bits per heavy atom. The van der Waals surface area contributed by atoms with Crippen molar-refractivity contribution in [3.8, 4) is 0 Å². The van der Waals surface area contributed by atoms with Crippen LogP contribution in [0.5, 0.6) is 0 Å². The van der Waals surface area contributed by atoms with Crippen molar-refractivity contribution in [1.29, 1.82) is 0 Å². The molecule has 0 spiro atoms. The minimum Gasteiger partial charge on any atom is -0.451 e. The highest BCUT2D eigenvalue weighted by Crippen LogP contribution is 2.37. The maximum Gasteiger partial charge on any atom is 0.318 e. The molecule has 2 radical (unpaired) electrons. The first-order valence-corrected chi connectivity index (χ1v) is 7.93. The molecule has 0 N–H and O–H groups in total. The molecule has 2 aromatic heterocycles. The molecule has 5 aromatic rings. The second-order valence-electron chi connectivity index (χ2n) is 5.82. The second kappa shape index (κ2) is 4.17. The van der Waals surface area contributed by atoms with E-state index in [9.17, 15) is 0 Å². The number of aryl methyl sites for hydroxylation is 1. The number of hydrogen-bond acceptors (Lipinski definition) is 0. The van der Waals surface area contributed by atoms with Gasteiger partial charge in [0, 0.05) is 45.1 Å². The highest BCUT2D eigenvalue weighted by molar-refractivity contribution is 6.30. The number of fused-ring (bicyclic) bond motifs is 7. The van der Waals surface area contributed by atoms with E-state index in [1.54, 1.807) is 0 Å². The fraction of sp³-hybridized carbons (Fsp3) is 0.0526. The minimum absolute atomic E-state index is 1.25. The van der Waals surface area contributed by atoms with Crippen LogP contribution in [-0.4, -0.2) is 24.6 Å². The van der Waals surface area contributed by atoms with E-state index < -0.39 is 0 Å². The van der Waals surface area contributed by atoms with Crippen LogP contribution >= 0.6 is 0 Å². The van der Waals surface area contributed by atoms with Crippen LogP contribution < -0.4 is 0 Å². The summed E-state index contributed by atoms with van der Waals surface area (Å²) in [5.74, 6) is 0. The zero-order valence-electron chi connectivity index (χ0n) is 12.2. The van der Waals surface area contributed by atoms with E-state index in [-0.39, 0.29) is 0 Å². The molecule has 0 amide bonds. The SMILES string of the molecule is Cn1c2ccccc2c2c1ccc1c3ccccc3[n]([Al])c12. The number of nitrogens with zero attached hydrogens (tertiary/aromatic N) is 2. The maximum absolute atomic E-state index is 2.89. The van der Waals surface area contributed by atoms with Crippen LogP contribution in [0.3, 0.4) is 0 Å². The fourth-order valence-electron chi connectivity index (χ4n) is 3.73. The molecule has 102 valence electrons. The molecule has 0 fully saturated rings. The molecule has 0 saturated carbocycles. The van der Waals surface area contributed by atoms with E-state index in [0.717, 1.165) is 0 Å². The maximum atomic E-state index is 2.89. The summed E-state index contributed by atoms with van der Waals surface area (Å²) in [5, 5.41) is 5.27. The summed E-state index contributed by atoms with van der Waals surface area (Å²) >= 11 is 2.89. The van der Waals surface area contributed by atoms with E-state index in [0.29, 0.717) is 0 Å². The normalized spacial score (nSPS) is 12.0. The van der Waals surface area contributed by atoms with Gasteiger partial charge in [-0.15, -0.1) is 0 Å². The van der Waals surface area contributed by atoms with Crippen LogP contribution in [0.1, 0.15) is 0 Å². The zero-order chi connectivity index (χ0) is 14.8. The molecule has 2 heterocycles. The summed E-state index contributed by atoms with van der Waals surface area (Å²) in [6, 6.07) is 21.7. The Labute approximate surface area is 136 Å². The molecule has 3 heteroatoms. The lowest BCUT2D eigenvalue weighted by atomic mass is 10.1. The minimum atomic E-state index is 1.25. The Morgan fingerprint density at radius 1 is 0.682 bits per heavy atom. The monoisotopic (exact) mass is 296 g/mol. The molecular weight excluding hydrogens is 283 g/mol. The van der Waals surface area contributed by atoms with Gasteiger partial charge in [-0.05, 0) is 18.2 Å². The predicted octanol–water partition coefficient (Wildman–Crippen LogP) is 4.37. The standard InChI is InChI=1S/C19H13N2.Al/c1-21-16-9-5-3-7-14(16)18-17(21)11-10-13-12-6-2-4-8-15(12)20-19(13)18;/h2-11H,1H3;/q-1;+1. The van der Waals surface area contributed by atoms with Crippen molar-refractivity contribution in [3.05, 3.63) is 60.7 Å². The van der Waals surface area contributed by atoms with Crippen LogP contribution in [0.25, 0.3) is 43.6 Å². The van der Waals surface area contributed by atoms with Gasteiger partial charge in [-0.3, -0.25) is 0 Å². The molecule has 0 aliphatic rings. The van der Waals surface area contributed by atoms with Crippen molar-refractivity contribution >= 4 is 60.1 Å². The number of benzene rings is 3. The summed E-state index contributed by atoms with van der Waals surface area (Å²) in [4.78, 5) is 0. The molecule has 0 aliphatic heterocycles. The molecule has 3 aromatic carbocycles. The van der Waals surface area contributed by atoms with Gasteiger partial charge in [0.25, 0.3) is 0 Å². The van der Waals surface area contributed by atoms with E-state index in [1.807, 2.05) is 0 Å². The Morgan fingerprint density at radius 2 is 1.36 bits per heavy atom. The van der Waals surface area contributed by atoms with E-state index in [1.165, 1.54) is 43.6 Å². The van der Waals surface area contributed by atoms with Gasteiger partial charge in [0.2, 0.25) is 0 Å². The van der Waals surface area contributed by atoms with Gasteiger partial charge < -0.3 is 8.12 Å². The van der Waals surface area contributed by atoms with Crippen molar-refractivity contribution < 1.29 is 0 Å². The lowest BCUT2D eigenvalue weighted by molar-refractivity contribution is 1.01. The Kier molecular flexibility index (Phi) is 2.34. The Bertz CT molecular complexity index is 1190.